The third kappa shape index (κ3) is 4.88. The van der Waals surface area contributed by atoms with Gasteiger partial charge in [-0.15, -0.1) is 0 Å². The predicted molar refractivity (Wildman–Crippen MR) is 112 cm³/mol. The van der Waals surface area contributed by atoms with Crippen molar-refractivity contribution in [2.24, 2.45) is 5.92 Å². The van der Waals surface area contributed by atoms with Crippen LogP contribution in [0.4, 0.5) is 11.4 Å². The molecular weight excluding hydrogens is 368 g/mol. The van der Waals surface area contributed by atoms with Gasteiger partial charge < -0.3 is 20.1 Å². The molecule has 2 aliphatic carbocycles. The lowest BCUT2D eigenvalue weighted by atomic mass is 10.1. The standard InChI is InChI=1S/C23H26N2O4/c1-28-20-12-11-18(14-21(20)29-19-7-2-3-8-19)25-23(27)16-5-4-6-17(13-16)24-22(26)15-9-10-15/h4-6,11-15,19H,2-3,7-10H2,1H3,(H,24,26)(H,25,27). The summed E-state index contributed by atoms with van der Waals surface area (Å²) in [4.78, 5) is 24.7. The second-order valence-electron chi connectivity index (χ2n) is 7.69. The van der Waals surface area contributed by atoms with Crippen molar-refractivity contribution in [2.75, 3.05) is 17.7 Å². The molecule has 0 radical (unpaired) electrons. The molecule has 152 valence electrons. The maximum Gasteiger partial charge on any atom is 0.255 e. The fourth-order valence-corrected chi connectivity index (χ4v) is 3.56. The zero-order valence-corrected chi connectivity index (χ0v) is 16.6. The van der Waals surface area contributed by atoms with Crippen LogP contribution in [0, 0.1) is 5.92 Å². The van der Waals surface area contributed by atoms with E-state index < -0.39 is 0 Å². The van der Waals surface area contributed by atoms with Gasteiger partial charge in [-0.25, -0.2) is 0 Å². The van der Waals surface area contributed by atoms with Crippen LogP contribution < -0.4 is 20.1 Å². The average molecular weight is 394 g/mol. The minimum absolute atomic E-state index is 0.0198. The predicted octanol–water partition coefficient (Wildman–Crippen LogP) is 4.62. The fraction of sp³-hybridized carbons (Fsp3) is 0.391. The SMILES string of the molecule is COc1ccc(NC(=O)c2cccc(NC(=O)C3CC3)c2)cc1OC1CCCC1. The second-order valence-corrected chi connectivity index (χ2v) is 7.69. The van der Waals surface area contributed by atoms with E-state index in [0.717, 1.165) is 25.7 Å². The number of carbonyl (C=O) groups excluding carboxylic acids is 2. The molecule has 2 aliphatic rings. The number of hydrogen-bond donors (Lipinski definition) is 2. The van der Waals surface area contributed by atoms with Gasteiger partial charge in [0.05, 0.1) is 13.2 Å². The maximum absolute atomic E-state index is 12.7. The minimum atomic E-state index is -0.246. The summed E-state index contributed by atoms with van der Waals surface area (Å²) in [6.07, 6.45) is 6.51. The van der Waals surface area contributed by atoms with Gasteiger partial charge in [0, 0.05) is 28.9 Å². The van der Waals surface area contributed by atoms with Gasteiger partial charge in [0.15, 0.2) is 11.5 Å². The van der Waals surface area contributed by atoms with E-state index in [1.165, 1.54) is 12.8 Å². The van der Waals surface area contributed by atoms with E-state index in [-0.39, 0.29) is 23.8 Å². The van der Waals surface area contributed by atoms with Crippen molar-refractivity contribution in [1.82, 2.24) is 0 Å². The molecule has 0 heterocycles. The molecule has 6 heteroatoms. The van der Waals surface area contributed by atoms with Crippen molar-refractivity contribution in [1.29, 1.82) is 0 Å². The Morgan fingerprint density at radius 2 is 1.66 bits per heavy atom. The highest BCUT2D eigenvalue weighted by Gasteiger charge is 2.29. The molecule has 29 heavy (non-hydrogen) atoms. The molecule has 0 unspecified atom stereocenters. The quantitative estimate of drug-likeness (QED) is 0.719. The van der Waals surface area contributed by atoms with Crippen molar-refractivity contribution in [2.45, 2.75) is 44.6 Å². The van der Waals surface area contributed by atoms with Crippen LogP contribution >= 0.6 is 0 Å². The van der Waals surface area contributed by atoms with Crippen LogP contribution in [0.1, 0.15) is 48.9 Å². The molecule has 2 saturated carbocycles. The van der Waals surface area contributed by atoms with E-state index in [0.29, 0.717) is 28.4 Å². The topological polar surface area (TPSA) is 76.7 Å². The van der Waals surface area contributed by atoms with Crippen LogP contribution in [-0.2, 0) is 4.79 Å². The van der Waals surface area contributed by atoms with Crippen LogP contribution in [0.15, 0.2) is 42.5 Å². The maximum atomic E-state index is 12.7. The van der Waals surface area contributed by atoms with E-state index in [2.05, 4.69) is 10.6 Å². The monoisotopic (exact) mass is 394 g/mol. The lowest BCUT2D eigenvalue weighted by Gasteiger charge is -2.17. The summed E-state index contributed by atoms with van der Waals surface area (Å²) in [6, 6.07) is 12.4. The number of carbonyl (C=O) groups is 2. The number of hydrogen-bond acceptors (Lipinski definition) is 4. The zero-order valence-electron chi connectivity index (χ0n) is 16.6. The molecule has 2 amide bonds. The molecule has 2 N–H and O–H groups in total. The van der Waals surface area contributed by atoms with Gasteiger partial charge in [-0.05, 0) is 68.9 Å². The summed E-state index contributed by atoms with van der Waals surface area (Å²) in [5.41, 5.74) is 1.75. The average Bonchev–Trinajstić information content (AvgIpc) is 3.46. The number of anilines is 2. The normalized spacial score (nSPS) is 16.3. The molecule has 0 spiro atoms. The Labute approximate surface area is 170 Å². The fourth-order valence-electron chi connectivity index (χ4n) is 3.56. The van der Waals surface area contributed by atoms with E-state index >= 15 is 0 Å². The summed E-state index contributed by atoms with van der Waals surface area (Å²) >= 11 is 0. The van der Waals surface area contributed by atoms with E-state index in [1.54, 1.807) is 49.6 Å². The molecule has 0 bridgehead atoms. The van der Waals surface area contributed by atoms with E-state index in [9.17, 15) is 9.59 Å². The van der Waals surface area contributed by atoms with Crippen molar-refractivity contribution < 1.29 is 19.1 Å². The molecule has 0 aromatic heterocycles. The Kier molecular flexibility index (Phi) is 5.69. The molecule has 2 fully saturated rings. The first-order valence-electron chi connectivity index (χ1n) is 10.2. The molecule has 4 rings (SSSR count). The van der Waals surface area contributed by atoms with E-state index in [4.69, 9.17) is 9.47 Å². The third-order valence-electron chi connectivity index (χ3n) is 5.36. The summed E-state index contributed by atoms with van der Waals surface area (Å²) in [5, 5.41) is 5.78. The van der Waals surface area contributed by atoms with Crippen molar-refractivity contribution >= 4 is 23.2 Å². The van der Waals surface area contributed by atoms with Crippen LogP contribution in [0.25, 0.3) is 0 Å². The summed E-state index contributed by atoms with van der Waals surface area (Å²) in [6.45, 7) is 0. The van der Waals surface area contributed by atoms with Crippen molar-refractivity contribution in [3.8, 4) is 11.5 Å². The third-order valence-corrected chi connectivity index (χ3v) is 5.36. The Hall–Kier alpha value is -3.02. The van der Waals surface area contributed by atoms with E-state index in [1.807, 2.05) is 0 Å². The number of amides is 2. The van der Waals surface area contributed by atoms with Crippen LogP contribution in [0.3, 0.4) is 0 Å². The van der Waals surface area contributed by atoms with Crippen LogP contribution in [0.5, 0.6) is 11.5 Å². The number of methoxy groups -OCH3 is 1. The Balaban J connectivity index is 1.45. The summed E-state index contributed by atoms with van der Waals surface area (Å²) in [5.74, 6) is 1.18. The van der Waals surface area contributed by atoms with Crippen LogP contribution in [-0.4, -0.2) is 25.0 Å². The lowest BCUT2D eigenvalue weighted by molar-refractivity contribution is -0.117. The van der Waals surface area contributed by atoms with Crippen LogP contribution in [0.2, 0.25) is 0 Å². The van der Waals surface area contributed by atoms with Gasteiger partial charge in [0.1, 0.15) is 0 Å². The Morgan fingerprint density at radius 3 is 2.38 bits per heavy atom. The van der Waals surface area contributed by atoms with Crippen molar-refractivity contribution in [3.63, 3.8) is 0 Å². The molecule has 0 aliphatic heterocycles. The van der Waals surface area contributed by atoms with Gasteiger partial charge in [0.25, 0.3) is 5.91 Å². The molecule has 0 saturated heterocycles. The smallest absolute Gasteiger partial charge is 0.255 e. The van der Waals surface area contributed by atoms with Gasteiger partial charge >= 0.3 is 0 Å². The Morgan fingerprint density at radius 1 is 0.897 bits per heavy atom. The minimum Gasteiger partial charge on any atom is -0.493 e. The van der Waals surface area contributed by atoms with Gasteiger partial charge in [-0.2, -0.15) is 0 Å². The number of rotatable bonds is 7. The summed E-state index contributed by atoms with van der Waals surface area (Å²) < 4.78 is 11.5. The van der Waals surface area contributed by atoms with Gasteiger partial charge in [0.2, 0.25) is 5.91 Å². The van der Waals surface area contributed by atoms with Gasteiger partial charge in [-0.3, -0.25) is 9.59 Å². The summed E-state index contributed by atoms with van der Waals surface area (Å²) in [7, 11) is 1.61. The molecule has 0 atom stereocenters. The highest BCUT2D eigenvalue weighted by molar-refractivity contribution is 6.05. The Bertz CT molecular complexity index is 902. The second kappa shape index (κ2) is 8.55. The first-order chi connectivity index (χ1) is 14.1. The first kappa shape index (κ1) is 19.3. The first-order valence-corrected chi connectivity index (χ1v) is 10.2. The number of benzene rings is 2. The molecular formula is C23H26N2O4. The molecule has 2 aromatic carbocycles. The number of nitrogens with one attached hydrogen (secondary N) is 2. The molecule has 2 aromatic rings. The molecule has 6 nitrogen and oxygen atoms in total. The van der Waals surface area contributed by atoms with Gasteiger partial charge in [-0.1, -0.05) is 6.07 Å². The largest absolute Gasteiger partial charge is 0.493 e. The van der Waals surface area contributed by atoms with Crippen molar-refractivity contribution in [3.05, 3.63) is 48.0 Å². The number of ether oxygens (including phenoxy) is 2. The lowest BCUT2D eigenvalue weighted by Crippen LogP contribution is -2.16. The zero-order chi connectivity index (χ0) is 20.2. The highest BCUT2D eigenvalue weighted by atomic mass is 16.5. The highest BCUT2D eigenvalue weighted by Crippen LogP contribution is 2.34.